The molecule has 0 amide bonds. The highest BCUT2D eigenvalue weighted by molar-refractivity contribution is 7.99. The van der Waals surface area contributed by atoms with Crippen molar-refractivity contribution in [3.63, 3.8) is 0 Å². The number of hydrogen-bond donors (Lipinski definition) is 1. The first kappa shape index (κ1) is 8.85. The number of nitrogens with two attached hydrogens (primary N) is 1. The second kappa shape index (κ2) is 3.99. The van der Waals surface area contributed by atoms with Crippen LogP contribution in [0.1, 0.15) is 19.3 Å². The van der Waals surface area contributed by atoms with Crippen molar-refractivity contribution in [1.82, 2.24) is 4.90 Å². The van der Waals surface area contributed by atoms with Gasteiger partial charge in [-0.05, 0) is 25.0 Å². The lowest BCUT2D eigenvalue weighted by Crippen LogP contribution is -2.40. The summed E-state index contributed by atoms with van der Waals surface area (Å²) in [6.45, 7) is 1.95. The minimum Gasteiger partial charge on any atom is -0.329 e. The van der Waals surface area contributed by atoms with Crippen LogP contribution in [0.3, 0.4) is 0 Å². The Morgan fingerprint density at radius 1 is 1.25 bits per heavy atom. The van der Waals surface area contributed by atoms with Gasteiger partial charge in [0.1, 0.15) is 0 Å². The summed E-state index contributed by atoms with van der Waals surface area (Å²) in [4.78, 5) is 2.65. The van der Waals surface area contributed by atoms with Crippen molar-refractivity contribution in [1.29, 1.82) is 0 Å². The predicted molar refractivity (Wildman–Crippen MR) is 54.5 cm³/mol. The van der Waals surface area contributed by atoms with Crippen LogP contribution in [0.15, 0.2) is 0 Å². The van der Waals surface area contributed by atoms with Gasteiger partial charge in [-0.3, -0.25) is 4.90 Å². The van der Waals surface area contributed by atoms with Crippen molar-refractivity contribution in [3.8, 4) is 0 Å². The van der Waals surface area contributed by atoms with Gasteiger partial charge in [0.15, 0.2) is 0 Å². The molecule has 2 fully saturated rings. The lowest BCUT2D eigenvalue weighted by Gasteiger charge is -2.27. The average molecular weight is 186 g/mol. The Hall–Kier alpha value is 0.270. The van der Waals surface area contributed by atoms with Crippen molar-refractivity contribution in [2.24, 2.45) is 5.73 Å². The summed E-state index contributed by atoms with van der Waals surface area (Å²) in [6, 6.07) is 1.75. The summed E-state index contributed by atoms with van der Waals surface area (Å²) >= 11 is 2.10. The largest absolute Gasteiger partial charge is 0.329 e. The monoisotopic (exact) mass is 186 g/mol. The van der Waals surface area contributed by atoms with Crippen LogP contribution < -0.4 is 5.73 Å². The van der Waals surface area contributed by atoms with E-state index in [1.807, 2.05) is 0 Å². The van der Waals surface area contributed by atoms with Gasteiger partial charge >= 0.3 is 0 Å². The highest BCUT2D eigenvalue weighted by Gasteiger charge is 2.34. The molecule has 70 valence electrons. The first-order valence-corrected chi connectivity index (χ1v) is 6.11. The SMILES string of the molecule is NCCN(C1CC1)C1CCSC1. The summed E-state index contributed by atoms with van der Waals surface area (Å²) in [7, 11) is 0. The zero-order valence-corrected chi connectivity index (χ0v) is 8.35. The molecule has 2 nitrogen and oxygen atoms in total. The van der Waals surface area contributed by atoms with Crippen LogP contribution >= 0.6 is 11.8 Å². The fraction of sp³-hybridized carbons (Fsp3) is 1.00. The van der Waals surface area contributed by atoms with Gasteiger partial charge in [-0.25, -0.2) is 0 Å². The van der Waals surface area contributed by atoms with Crippen molar-refractivity contribution in [3.05, 3.63) is 0 Å². The minimum atomic E-state index is 0.831. The summed E-state index contributed by atoms with van der Waals surface area (Å²) < 4.78 is 0. The normalized spacial score (nSPS) is 30.0. The summed E-state index contributed by atoms with van der Waals surface area (Å²) in [6.07, 6.45) is 4.23. The Kier molecular flexibility index (Phi) is 2.94. The molecular formula is C9H18N2S. The van der Waals surface area contributed by atoms with Crippen molar-refractivity contribution < 1.29 is 0 Å². The van der Waals surface area contributed by atoms with E-state index < -0.39 is 0 Å². The molecule has 1 saturated heterocycles. The van der Waals surface area contributed by atoms with Gasteiger partial charge in [0.2, 0.25) is 0 Å². The van der Waals surface area contributed by atoms with E-state index in [1.165, 1.54) is 30.8 Å². The molecule has 1 aliphatic carbocycles. The molecule has 1 aliphatic heterocycles. The molecule has 1 atom stereocenters. The summed E-state index contributed by atoms with van der Waals surface area (Å²) in [5, 5.41) is 0. The molecule has 1 unspecified atom stereocenters. The molecule has 0 spiro atoms. The molecule has 2 N–H and O–H groups in total. The molecule has 0 bridgehead atoms. The standard InChI is InChI=1S/C9H18N2S/c10-4-5-11(8-1-2-8)9-3-6-12-7-9/h8-9H,1-7,10H2. The number of hydrogen-bond acceptors (Lipinski definition) is 3. The van der Waals surface area contributed by atoms with E-state index in [0.717, 1.165) is 25.2 Å². The van der Waals surface area contributed by atoms with Crippen molar-refractivity contribution in [2.75, 3.05) is 24.6 Å². The Balaban J connectivity index is 1.85. The maximum atomic E-state index is 5.61. The van der Waals surface area contributed by atoms with Crippen LogP contribution in [0.2, 0.25) is 0 Å². The van der Waals surface area contributed by atoms with E-state index in [9.17, 15) is 0 Å². The van der Waals surface area contributed by atoms with Crippen LogP contribution in [0.5, 0.6) is 0 Å². The smallest absolute Gasteiger partial charge is 0.0197 e. The van der Waals surface area contributed by atoms with E-state index in [2.05, 4.69) is 16.7 Å². The van der Waals surface area contributed by atoms with E-state index in [0.29, 0.717) is 0 Å². The second-order valence-electron chi connectivity index (χ2n) is 3.78. The summed E-state index contributed by atoms with van der Waals surface area (Å²) in [5.41, 5.74) is 5.61. The third-order valence-electron chi connectivity index (χ3n) is 2.78. The highest BCUT2D eigenvalue weighted by atomic mass is 32.2. The molecule has 2 aliphatic rings. The maximum absolute atomic E-state index is 5.61. The molecule has 0 aromatic heterocycles. The van der Waals surface area contributed by atoms with Crippen molar-refractivity contribution in [2.45, 2.75) is 31.3 Å². The Labute approximate surface area is 78.9 Å². The van der Waals surface area contributed by atoms with Crippen molar-refractivity contribution >= 4 is 11.8 Å². The molecule has 0 aromatic rings. The van der Waals surface area contributed by atoms with Crippen LogP contribution in [0.4, 0.5) is 0 Å². The fourth-order valence-electron chi connectivity index (χ4n) is 2.00. The first-order chi connectivity index (χ1) is 5.92. The fourth-order valence-corrected chi connectivity index (χ4v) is 3.24. The Morgan fingerprint density at radius 3 is 2.58 bits per heavy atom. The van der Waals surface area contributed by atoms with Gasteiger partial charge in [0.05, 0.1) is 0 Å². The predicted octanol–water partition coefficient (Wildman–Crippen LogP) is 0.915. The zero-order valence-electron chi connectivity index (χ0n) is 7.54. The zero-order chi connectivity index (χ0) is 8.39. The molecule has 3 heteroatoms. The topological polar surface area (TPSA) is 29.3 Å². The first-order valence-electron chi connectivity index (χ1n) is 4.95. The number of rotatable bonds is 4. The van der Waals surface area contributed by atoms with Crippen LogP contribution in [-0.4, -0.2) is 41.6 Å². The second-order valence-corrected chi connectivity index (χ2v) is 4.92. The van der Waals surface area contributed by atoms with Gasteiger partial charge in [0, 0.05) is 30.9 Å². The number of thioether (sulfide) groups is 1. The van der Waals surface area contributed by atoms with Gasteiger partial charge < -0.3 is 5.73 Å². The third-order valence-corrected chi connectivity index (χ3v) is 3.92. The Morgan fingerprint density at radius 2 is 2.08 bits per heavy atom. The van der Waals surface area contributed by atoms with E-state index >= 15 is 0 Å². The highest BCUT2D eigenvalue weighted by Crippen LogP contribution is 2.32. The van der Waals surface area contributed by atoms with E-state index in [-0.39, 0.29) is 0 Å². The molecule has 0 aromatic carbocycles. The van der Waals surface area contributed by atoms with E-state index in [1.54, 1.807) is 0 Å². The van der Waals surface area contributed by atoms with E-state index in [4.69, 9.17) is 5.73 Å². The quantitative estimate of drug-likeness (QED) is 0.708. The molecule has 12 heavy (non-hydrogen) atoms. The van der Waals surface area contributed by atoms with Gasteiger partial charge in [-0.2, -0.15) is 11.8 Å². The van der Waals surface area contributed by atoms with Gasteiger partial charge in [0.25, 0.3) is 0 Å². The van der Waals surface area contributed by atoms with Crippen LogP contribution in [0, 0.1) is 0 Å². The van der Waals surface area contributed by atoms with Gasteiger partial charge in [-0.1, -0.05) is 0 Å². The number of nitrogens with zero attached hydrogens (tertiary/aromatic N) is 1. The average Bonchev–Trinajstić information content (AvgIpc) is 2.77. The molecule has 1 saturated carbocycles. The maximum Gasteiger partial charge on any atom is 0.0197 e. The summed E-state index contributed by atoms with van der Waals surface area (Å²) in [5.74, 6) is 2.70. The van der Waals surface area contributed by atoms with Crippen LogP contribution in [-0.2, 0) is 0 Å². The van der Waals surface area contributed by atoms with Gasteiger partial charge in [-0.15, -0.1) is 0 Å². The Bertz CT molecular complexity index is 141. The molecule has 0 radical (unpaired) electrons. The molecular weight excluding hydrogens is 168 g/mol. The lowest BCUT2D eigenvalue weighted by atomic mass is 10.2. The third kappa shape index (κ3) is 1.95. The van der Waals surface area contributed by atoms with Crippen LogP contribution in [0.25, 0.3) is 0 Å². The minimum absolute atomic E-state index is 0.831. The molecule has 2 rings (SSSR count). The lowest BCUT2D eigenvalue weighted by molar-refractivity contribution is 0.208. The molecule has 1 heterocycles.